The van der Waals surface area contributed by atoms with Crippen LogP contribution in [0.5, 0.6) is 5.75 Å². The van der Waals surface area contributed by atoms with E-state index in [0.29, 0.717) is 0 Å². The Labute approximate surface area is 130 Å². The van der Waals surface area contributed by atoms with E-state index in [4.69, 9.17) is 4.74 Å². The average molecular weight is 287 g/mol. The van der Waals surface area contributed by atoms with Crippen LogP contribution in [-0.2, 0) is 0 Å². The molecule has 0 spiro atoms. The van der Waals surface area contributed by atoms with E-state index in [-0.39, 0.29) is 0 Å². The lowest BCUT2D eigenvalue weighted by Gasteiger charge is -2.13. The fourth-order valence-electron chi connectivity index (χ4n) is 3.06. The van der Waals surface area contributed by atoms with E-state index >= 15 is 0 Å². The van der Waals surface area contributed by atoms with Crippen LogP contribution in [0.4, 0.5) is 5.69 Å². The Hall–Kier alpha value is -2.74. The first-order chi connectivity index (χ1) is 10.7. The summed E-state index contributed by atoms with van der Waals surface area (Å²) in [5.41, 5.74) is 3.52. The zero-order valence-electron chi connectivity index (χ0n) is 12.7. The van der Waals surface area contributed by atoms with Gasteiger partial charge >= 0.3 is 0 Å². The molecule has 0 fully saturated rings. The molecule has 108 valence electrons. The summed E-state index contributed by atoms with van der Waals surface area (Å²) in [6.07, 6.45) is 2.08. The van der Waals surface area contributed by atoms with Crippen LogP contribution in [0.3, 0.4) is 0 Å². The van der Waals surface area contributed by atoms with Gasteiger partial charge in [-0.1, -0.05) is 54.6 Å². The maximum absolute atomic E-state index is 6.20. The summed E-state index contributed by atoms with van der Waals surface area (Å²) >= 11 is 0. The monoisotopic (exact) mass is 287 g/mol. The Bertz CT molecular complexity index is 881. The number of aryl methyl sites for hydroxylation is 1. The molecule has 2 nitrogen and oxygen atoms in total. The maximum Gasteiger partial charge on any atom is 0.201 e. The van der Waals surface area contributed by atoms with Gasteiger partial charge in [0.15, 0.2) is 5.75 Å². The Morgan fingerprint density at radius 1 is 0.955 bits per heavy atom. The molecule has 0 radical (unpaired) electrons. The molecule has 0 unspecified atom stereocenters. The minimum Gasteiger partial charge on any atom is -0.438 e. The van der Waals surface area contributed by atoms with Crippen LogP contribution < -0.4 is 9.64 Å². The fraction of sp³-hybridized carbons (Fsp3) is 0.100. The Morgan fingerprint density at radius 2 is 1.68 bits per heavy atom. The summed E-state index contributed by atoms with van der Waals surface area (Å²) in [7, 11) is 2.06. The number of ether oxygens (including phenoxy) is 1. The first kappa shape index (κ1) is 13.0. The standard InChI is InChI=1S/C20H17NO/c1-14-12-16-10-6-7-11-17(16)20-19(14)21(2)18(22-20)13-15-8-4-3-5-9-15/h3-13H,1-2H3. The smallest absolute Gasteiger partial charge is 0.201 e. The number of benzene rings is 3. The van der Waals surface area contributed by atoms with Gasteiger partial charge in [0.25, 0.3) is 0 Å². The molecule has 0 saturated carbocycles. The zero-order valence-corrected chi connectivity index (χ0v) is 12.7. The minimum atomic E-state index is 0.862. The summed E-state index contributed by atoms with van der Waals surface area (Å²) < 4.78 is 6.20. The number of hydrogen-bond acceptors (Lipinski definition) is 2. The Morgan fingerprint density at radius 3 is 2.50 bits per heavy atom. The van der Waals surface area contributed by atoms with Crippen molar-refractivity contribution in [1.29, 1.82) is 0 Å². The molecule has 2 heteroatoms. The minimum absolute atomic E-state index is 0.862. The molecule has 3 aromatic carbocycles. The highest BCUT2D eigenvalue weighted by Gasteiger charge is 2.27. The molecule has 0 atom stereocenters. The van der Waals surface area contributed by atoms with Gasteiger partial charge in [-0.25, -0.2) is 0 Å². The predicted octanol–water partition coefficient (Wildman–Crippen LogP) is 4.98. The summed E-state index contributed by atoms with van der Waals surface area (Å²) in [5, 5.41) is 2.37. The van der Waals surface area contributed by atoms with Crippen molar-refractivity contribution in [2.75, 3.05) is 11.9 Å². The van der Waals surface area contributed by atoms with Gasteiger partial charge in [0.1, 0.15) is 0 Å². The molecular formula is C20H17NO. The third-order valence-corrected chi connectivity index (χ3v) is 4.13. The van der Waals surface area contributed by atoms with Crippen LogP contribution in [0.2, 0.25) is 0 Å². The van der Waals surface area contributed by atoms with Crippen LogP contribution in [0.1, 0.15) is 11.1 Å². The van der Waals surface area contributed by atoms with E-state index in [1.807, 2.05) is 18.2 Å². The summed E-state index contributed by atoms with van der Waals surface area (Å²) in [6, 6.07) is 20.8. The van der Waals surface area contributed by atoms with Crippen molar-refractivity contribution in [2.45, 2.75) is 6.92 Å². The van der Waals surface area contributed by atoms with E-state index < -0.39 is 0 Å². The van der Waals surface area contributed by atoms with Crippen LogP contribution in [0.15, 0.2) is 66.5 Å². The van der Waals surface area contributed by atoms with Gasteiger partial charge in [0.05, 0.1) is 5.69 Å². The number of rotatable bonds is 1. The van der Waals surface area contributed by atoms with Crippen molar-refractivity contribution in [2.24, 2.45) is 0 Å². The molecule has 0 bridgehead atoms. The van der Waals surface area contributed by atoms with E-state index in [0.717, 1.165) is 28.3 Å². The van der Waals surface area contributed by atoms with Gasteiger partial charge in [0, 0.05) is 18.5 Å². The average Bonchev–Trinajstić information content (AvgIpc) is 2.86. The SMILES string of the molecule is Cc1cc2ccccc2c2c1N(C)C(=Cc1ccccc1)O2. The molecule has 4 rings (SSSR count). The van der Waals surface area contributed by atoms with E-state index in [9.17, 15) is 0 Å². The Kier molecular flexibility index (Phi) is 2.90. The van der Waals surface area contributed by atoms with Crippen LogP contribution in [0, 0.1) is 6.92 Å². The second-order valence-electron chi connectivity index (χ2n) is 5.65. The second-order valence-corrected chi connectivity index (χ2v) is 5.65. The molecule has 0 amide bonds. The normalized spacial score (nSPS) is 15.2. The lowest BCUT2D eigenvalue weighted by atomic mass is 10.0. The number of anilines is 1. The third-order valence-electron chi connectivity index (χ3n) is 4.13. The number of hydrogen-bond donors (Lipinski definition) is 0. The van der Waals surface area contributed by atoms with Crippen molar-refractivity contribution in [3.8, 4) is 5.75 Å². The van der Waals surface area contributed by atoms with Crippen molar-refractivity contribution < 1.29 is 4.74 Å². The van der Waals surface area contributed by atoms with Gasteiger partial charge in [-0.05, 0) is 29.5 Å². The number of fused-ring (bicyclic) bond motifs is 3. The lowest BCUT2D eigenvalue weighted by Crippen LogP contribution is -2.13. The van der Waals surface area contributed by atoms with Gasteiger partial charge in [-0.15, -0.1) is 0 Å². The van der Waals surface area contributed by atoms with Gasteiger partial charge in [-0.2, -0.15) is 0 Å². The zero-order chi connectivity index (χ0) is 15.1. The largest absolute Gasteiger partial charge is 0.438 e. The van der Waals surface area contributed by atoms with E-state index in [2.05, 4.69) is 67.4 Å². The number of nitrogens with zero attached hydrogens (tertiary/aromatic N) is 1. The fourth-order valence-corrected chi connectivity index (χ4v) is 3.06. The van der Waals surface area contributed by atoms with Gasteiger partial charge in [0.2, 0.25) is 5.88 Å². The van der Waals surface area contributed by atoms with Crippen molar-refractivity contribution in [1.82, 2.24) is 0 Å². The molecule has 22 heavy (non-hydrogen) atoms. The summed E-state index contributed by atoms with van der Waals surface area (Å²) in [6.45, 7) is 2.14. The van der Waals surface area contributed by atoms with E-state index in [1.54, 1.807) is 0 Å². The van der Waals surface area contributed by atoms with Crippen LogP contribution >= 0.6 is 0 Å². The summed E-state index contributed by atoms with van der Waals surface area (Å²) in [5.74, 6) is 1.82. The molecule has 0 aliphatic carbocycles. The molecule has 1 heterocycles. The first-order valence-electron chi connectivity index (χ1n) is 7.45. The quantitative estimate of drug-likeness (QED) is 0.626. The van der Waals surface area contributed by atoms with Crippen molar-refractivity contribution >= 4 is 22.5 Å². The first-order valence-corrected chi connectivity index (χ1v) is 7.45. The topological polar surface area (TPSA) is 12.5 Å². The highest BCUT2D eigenvalue weighted by Crippen LogP contribution is 2.46. The van der Waals surface area contributed by atoms with E-state index in [1.165, 1.54) is 10.9 Å². The van der Waals surface area contributed by atoms with Crippen LogP contribution in [0.25, 0.3) is 16.8 Å². The Balaban J connectivity index is 1.88. The summed E-state index contributed by atoms with van der Waals surface area (Å²) in [4.78, 5) is 2.13. The third kappa shape index (κ3) is 1.96. The maximum atomic E-state index is 6.20. The molecule has 1 aliphatic heterocycles. The molecule has 3 aromatic rings. The lowest BCUT2D eigenvalue weighted by molar-refractivity contribution is 0.453. The van der Waals surface area contributed by atoms with Crippen LogP contribution in [-0.4, -0.2) is 7.05 Å². The highest BCUT2D eigenvalue weighted by molar-refractivity contribution is 5.97. The van der Waals surface area contributed by atoms with Gasteiger partial charge in [-0.3, -0.25) is 0 Å². The molecule has 0 aromatic heterocycles. The predicted molar refractivity (Wildman–Crippen MR) is 92.1 cm³/mol. The second kappa shape index (κ2) is 4.92. The van der Waals surface area contributed by atoms with Crippen molar-refractivity contribution in [3.05, 3.63) is 77.7 Å². The molecule has 0 saturated heterocycles. The highest BCUT2D eigenvalue weighted by atomic mass is 16.5. The van der Waals surface area contributed by atoms with Gasteiger partial charge < -0.3 is 9.64 Å². The molecule has 0 N–H and O–H groups in total. The molecular weight excluding hydrogens is 270 g/mol. The van der Waals surface area contributed by atoms with Crippen molar-refractivity contribution in [3.63, 3.8) is 0 Å². The molecule has 1 aliphatic rings.